The van der Waals surface area contributed by atoms with Crippen LogP contribution in [0.5, 0.6) is 0 Å². The minimum absolute atomic E-state index is 0.0300. The molecule has 1 aliphatic heterocycles. The van der Waals surface area contributed by atoms with Gasteiger partial charge < -0.3 is 9.64 Å². The van der Waals surface area contributed by atoms with Crippen molar-refractivity contribution in [1.82, 2.24) is 4.90 Å². The first kappa shape index (κ1) is 17.0. The van der Waals surface area contributed by atoms with Crippen LogP contribution in [-0.2, 0) is 14.3 Å². The number of hydrogen-bond donors (Lipinski definition) is 0. The van der Waals surface area contributed by atoms with Crippen molar-refractivity contribution < 1.29 is 14.3 Å². The number of rotatable bonds is 7. The summed E-state index contributed by atoms with van der Waals surface area (Å²) in [5.41, 5.74) is 0.156. The first-order valence-electron chi connectivity index (χ1n) is 8.35. The normalized spacial score (nSPS) is 29.6. The van der Waals surface area contributed by atoms with Crippen LogP contribution >= 0.6 is 0 Å². The molecule has 0 aromatic carbocycles. The molecule has 2 aliphatic rings. The van der Waals surface area contributed by atoms with Crippen molar-refractivity contribution in [3.05, 3.63) is 12.7 Å². The number of fused-ring (bicyclic) bond motifs is 1. The van der Waals surface area contributed by atoms with Gasteiger partial charge in [-0.15, -0.1) is 6.58 Å². The molecule has 4 heteroatoms. The number of ether oxygens (including phenoxy) is 1. The third-order valence-corrected chi connectivity index (χ3v) is 5.65. The Balaban J connectivity index is 1.97. The molecule has 2 rings (SSSR count). The summed E-state index contributed by atoms with van der Waals surface area (Å²) in [6.45, 7) is 10.7. The van der Waals surface area contributed by atoms with E-state index >= 15 is 0 Å². The van der Waals surface area contributed by atoms with Crippen LogP contribution in [0.25, 0.3) is 0 Å². The number of carbonyl (C=O) groups is 2. The summed E-state index contributed by atoms with van der Waals surface area (Å²) >= 11 is 0. The summed E-state index contributed by atoms with van der Waals surface area (Å²) in [6.07, 6.45) is 5.87. The largest absolute Gasteiger partial charge is 0.467 e. The Labute approximate surface area is 133 Å². The first-order valence-corrected chi connectivity index (χ1v) is 8.35. The summed E-state index contributed by atoms with van der Waals surface area (Å²) in [7, 11) is 1.41. The molecular formula is C18H29NO3. The molecule has 0 spiro atoms. The summed E-state index contributed by atoms with van der Waals surface area (Å²) in [4.78, 5) is 26.6. The van der Waals surface area contributed by atoms with Gasteiger partial charge in [0.15, 0.2) is 0 Å². The summed E-state index contributed by atoms with van der Waals surface area (Å²) < 4.78 is 4.95. The minimum atomic E-state index is -0.381. The molecule has 1 aliphatic carbocycles. The highest BCUT2D eigenvalue weighted by atomic mass is 16.5. The zero-order chi connectivity index (χ0) is 16.5. The molecule has 0 radical (unpaired) electrons. The van der Waals surface area contributed by atoms with E-state index in [-0.39, 0.29) is 35.2 Å². The molecule has 1 saturated heterocycles. The van der Waals surface area contributed by atoms with Crippen molar-refractivity contribution in [3.63, 3.8) is 0 Å². The van der Waals surface area contributed by atoms with Gasteiger partial charge in [-0.2, -0.15) is 0 Å². The molecule has 124 valence electrons. The van der Waals surface area contributed by atoms with Crippen LogP contribution in [-0.4, -0.2) is 36.5 Å². The highest BCUT2D eigenvalue weighted by Gasteiger charge is 2.69. The predicted octanol–water partition coefficient (Wildman–Crippen LogP) is 3.02. The average Bonchev–Trinajstić information content (AvgIpc) is 2.88. The van der Waals surface area contributed by atoms with E-state index in [0.717, 1.165) is 25.7 Å². The number of carbonyl (C=O) groups excluding carboxylic acids is 2. The average molecular weight is 307 g/mol. The van der Waals surface area contributed by atoms with Crippen LogP contribution in [0.4, 0.5) is 0 Å². The summed E-state index contributed by atoms with van der Waals surface area (Å²) in [6, 6.07) is -0.381. The third-order valence-electron chi connectivity index (χ3n) is 5.65. The van der Waals surface area contributed by atoms with Crippen molar-refractivity contribution in [3.8, 4) is 0 Å². The lowest BCUT2D eigenvalue weighted by molar-refractivity contribution is -0.154. The fourth-order valence-electron chi connectivity index (χ4n) is 4.05. The Morgan fingerprint density at radius 2 is 2.09 bits per heavy atom. The van der Waals surface area contributed by atoms with Crippen LogP contribution < -0.4 is 0 Å². The van der Waals surface area contributed by atoms with E-state index in [2.05, 4.69) is 20.4 Å². The maximum atomic E-state index is 12.7. The van der Waals surface area contributed by atoms with Gasteiger partial charge in [0.25, 0.3) is 0 Å². The lowest BCUT2D eigenvalue weighted by Crippen LogP contribution is -2.47. The highest BCUT2D eigenvalue weighted by Crippen LogP contribution is 2.65. The van der Waals surface area contributed by atoms with E-state index in [0.29, 0.717) is 12.5 Å². The van der Waals surface area contributed by atoms with Crippen molar-refractivity contribution >= 4 is 11.9 Å². The standard InChI is InChI=1S/C18H29NO3/c1-6-7-8-9-10-12(2)16(20)19-11-13-14(18(13,3)4)15(19)17(21)22-5/h6,12-15H,1,7-11H2,2-5H3/t12-,13-,14-,15-/m0/s1. The van der Waals surface area contributed by atoms with Crippen molar-refractivity contribution in [2.75, 3.05) is 13.7 Å². The molecule has 0 N–H and O–H groups in total. The lowest BCUT2D eigenvalue weighted by atomic mass is 9.97. The molecule has 4 nitrogen and oxygen atoms in total. The molecule has 2 fully saturated rings. The van der Waals surface area contributed by atoms with Gasteiger partial charge in [0.05, 0.1) is 7.11 Å². The van der Waals surface area contributed by atoms with Crippen LogP contribution in [0.1, 0.15) is 46.5 Å². The zero-order valence-corrected chi connectivity index (χ0v) is 14.3. The van der Waals surface area contributed by atoms with Crippen molar-refractivity contribution in [1.29, 1.82) is 0 Å². The second-order valence-electron chi connectivity index (χ2n) is 7.39. The fourth-order valence-corrected chi connectivity index (χ4v) is 4.05. The number of allylic oxidation sites excluding steroid dienone is 1. The van der Waals surface area contributed by atoms with Crippen LogP contribution in [0, 0.1) is 23.2 Å². The maximum Gasteiger partial charge on any atom is 0.328 e. The number of esters is 1. The topological polar surface area (TPSA) is 46.6 Å². The third kappa shape index (κ3) is 2.92. The maximum absolute atomic E-state index is 12.7. The Bertz CT molecular complexity index is 457. The first-order chi connectivity index (χ1) is 10.4. The molecule has 4 atom stereocenters. The molecule has 0 aromatic rings. The van der Waals surface area contributed by atoms with Crippen molar-refractivity contribution in [2.24, 2.45) is 23.2 Å². The van der Waals surface area contributed by atoms with Gasteiger partial charge in [-0.1, -0.05) is 33.3 Å². The zero-order valence-electron chi connectivity index (χ0n) is 14.3. The molecule has 1 amide bonds. The molecule has 1 heterocycles. The lowest BCUT2D eigenvalue weighted by Gasteiger charge is -2.31. The number of unbranched alkanes of at least 4 members (excludes halogenated alkanes) is 2. The Kier molecular flexibility index (Phi) is 4.98. The second kappa shape index (κ2) is 6.43. The Morgan fingerprint density at radius 3 is 2.68 bits per heavy atom. The molecule has 1 saturated carbocycles. The van der Waals surface area contributed by atoms with Gasteiger partial charge >= 0.3 is 5.97 Å². The molecule has 0 bridgehead atoms. The molecule has 22 heavy (non-hydrogen) atoms. The molecule has 0 unspecified atom stereocenters. The van der Waals surface area contributed by atoms with Gasteiger partial charge in [-0.25, -0.2) is 4.79 Å². The van der Waals surface area contributed by atoms with Gasteiger partial charge in [-0.05, 0) is 30.6 Å². The number of amides is 1. The second-order valence-corrected chi connectivity index (χ2v) is 7.39. The van der Waals surface area contributed by atoms with E-state index in [1.54, 1.807) is 4.90 Å². The smallest absolute Gasteiger partial charge is 0.328 e. The van der Waals surface area contributed by atoms with Crippen LogP contribution in [0.15, 0.2) is 12.7 Å². The van der Waals surface area contributed by atoms with Gasteiger partial charge in [0.2, 0.25) is 5.91 Å². The Morgan fingerprint density at radius 1 is 1.41 bits per heavy atom. The molecule has 0 aromatic heterocycles. The van der Waals surface area contributed by atoms with Gasteiger partial charge in [-0.3, -0.25) is 4.79 Å². The highest BCUT2D eigenvalue weighted by molar-refractivity contribution is 5.87. The number of likely N-dealkylation sites (tertiary alicyclic amines) is 1. The van der Waals surface area contributed by atoms with E-state index in [4.69, 9.17) is 4.74 Å². The van der Waals surface area contributed by atoms with E-state index in [9.17, 15) is 9.59 Å². The van der Waals surface area contributed by atoms with E-state index < -0.39 is 0 Å². The number of methoxy groups -OCH3 is 1. The Hall–Kier alpha value is -1.32. The summed E-state index contributed by atoms with van der Waals surface area (Å²) in [5.74, 6) is 0.519. The quantitative estimate of drug-likeness (QED) is 0.412. The van der Waals surface area contributed by atoms with Gasteiger partial charge in [0.1, 0.15) is 6.04 Å². The predicted molar refractivity (Wildman–Crippen MR) is 86.1 cm³/mol. The summed E-state index contributed by atoms with van der Waals surface area (Å²) in [5, 5.41) is 0. The van der Waals surface area contributed by atoms with Crippen LogP contribution in [0.3, 0.4) is 0 Å². The van der Waals surface area contributed by atoms with E-state index in [1.807, 2.05) is 13.0 Å². The van der Waals surface area contributed by atoms with Crippen LogP contribution in [0.2, 0.25) is 0 Å². The van der Waals surface area contributed by atoms with Crippen molar-refractivity contribution in [2.45, 2.75) is 52.5 Å². The van der Waals surface area contributed by atoms with E-state index in [1.165, 1.54) is 7.11 Å². The fraction of sp³-hybridized carbons (Fsp3) is 0.778. The monoisotopic (exact) mass is 307 g/mol. The SMILES string of the molecule is C=CCCCC[C@H](C)C(=O)N1C[C@H]2[C@@H]([C@H]1C(=O)OC)C2(C)C. The minimum Gasteiger partial charge on any atom is -0.467 e. The number of hydrogen-bond acceptors (Lipinski definition) is 3. The number of nitrogens with zero attached hydrogens (tertiary/aromatic N) is 1. The number of piperidine rings is 1. The molecular weight excluding hydrogens is 278 g/mol. The van der Waals surface area contributed by atoms with Gasteiger partial charge in [0, 0.05) is 18.4 Å².